The molecule has 1 aliphatic heterocycles. The van der Waals surface area contributed by atoms with Gasteiger partial charge < -0.3 is 10.6 Å². The van der Waals surface area contributed by atoms with Crippen LogP contribution in [0, 0.1) is 0 Å². The maximum Gasteiger partial charge on any atom is 0.0369 e. The van der Waals surface area contributed by atoms with Gasteiger partial charge in [0.15, 0.2) is 0 Å². The monoisotopic (exact) mass is 157 g/mol. The first-order chi connectivity index (χ1) is 5.11. The molecule has 0 spiro atoms. The molecular weight excluding hydrogens is 138 g/mol. The van der Waals surface area contributed by atoms with Crippen LogP contribution in [0.3, 0.4) is 0 Å². The first kappa shape index (κ1) is 8.97. The highest BCUT2D eigenvalue weighted by Gasteiger charge is 2.24. The zero-order valence-electron chi connectivity index (χ0n) is 7.75. The fourth-order valence-electron chi connectivity index (χ4n) is 1.61. The number of hydrogen-bond donors (Lipinski definition) is 1. The molecule has 11 heavy (non-hydrogen) atoms. The molecule has 0 aromatic carbocycles. The molecule has 1 unspecified atom stereocenters. The average Bonchev–Trinajstić information content (AvgIpc) is 1.94. The van der Waals surface area contributed by atoms with E-state index in [1.165, 1.54) is 6.54 Å². The normalized spacial score (nSPS) is 32.2. The number of nitrogens with zero attached hydrogens (tertiary/aromatic N) is 2. The summed E-state index contributed by atoms with van der Waals surface area (Å²) in [6.45, 7) is 5.50. The lowest BCUT2D eigenvalue weighted by Crippen LogP contribution is -2.56. The van der Waals surface area contributed by atoms with Crippen LogP contribution in [-0.4, -0.2) is 55.6 Å². The highest BCUT2D eigenvalue weighted by molar-refractivity contribution is 4.84. The standard InChI is InChI=1S/C8H19N3/c1-7(9)8-6-10(2)4-5-11(8)3/h7-8H,4-6,9H2,1-3H3/t7-,8?/m0/s1. The topological polar surface area (TPSA) is 32.5 Å². The molecule has 0 saturated carbocycles. The lowest BCUT2D eigenvalue weighted by Gasteiger charge is -2.39. The number of nitrogens with two attached hydrogens (primary N) is 1. The van der Waals surface area contributed by atoms with Gasteiger partial charge in [0.05, 0.1) is 0 Å². The zero-order valence-corrected chi connectivity index (χ0v) is 7.75. The van der Waals surface area contributed by atoms with Gasteiger partial charge in [0.2, 0.25) is 0 Å². The number of likely N-dealkylation sites (N-methyl/N-ethyl adjacent to an activating group) is 2. The molecular formula is C8H19N3. The summed E-state index contributed by atoms with van der Waals surface area (Å²) in [4.78, 5) is 4.69. The first-order valence-corrected chi connectivity index (χ1v) is 4.25. The summed E-state index contributed by atoms with van der Waals surface area (Å²) in [5, 5.41) is 0. The predicted molar refractivity (Wildman–Crippen MR) is 47.6 cm³/mol. The molecule has 0 aromatic rings. The van der Waals surface area contributed by atoms with Crippen LogP contribution in [0.5, 0.6) is 0 Å². The highest BCUT2D eigenvalue weighted by Crippen LogP contribution is 2.07. The molecule has 1 fully saturated rings. The summed E-state index contributed by atoms with van der Waals surface area (Å²) in [5.41, 5.74) is 5.85. The Morgan fingerprint density at radius 2 is 2.00 bits per heavy atom. The molecule has 1 rings (SSSR count). The first-order valence-electron chi connectivity index (χ1n) is 4.25. The van der Waals surface area contributed by atoms with Gasteiger partial charge in [0, 0.05) is 31.7 Å². The second-order valence-electron chi connectivity index (χ2n) is 3.67. The Labute approximate surface area is 69.1 Å². The quantitative estimate of drug-likeness (QED) is 0.561. The fraction of sp³-hybridized carbons (Fsp3) is 1.00. The Bertz CT molecular complexity index is 125. The van der Waals surface area contributed by atoms with Crippen LogP contribution in [0.2, 0.25) is 0 Å². The summed E-state index contributed by atoms with van der Waals surface area (Å²) in [7, 11) is 4.31. The molecule has 3 nitrogen and oxygen atoms in total. The van der Waals surface area contributed by atoms with Crippen molar-refractivity contribution >= 4 is 0 Å². The summed E-state index contributed by atoms with van der Waals surface area (Å²) in [5.74, 6) is 0. The second-order valence-corrected chi connectivity index (χ2v) is 3.67. The van der Waals surface area contributed by atoms with Gasteiger partial charge in [-0.15, -0.1) is 0 Å². The third-order valence-electron chi connectivity index (χ3n) is 2.51. The molecule has 0 amide bonds. The molecule has 66 valence electrons. The largest absolute Gasteiger partial charge is 0.326 e. The third-order valence-corrected chi connectivity index (χ3v) is 2.51. The molecule has 1 saturated heterocycles. The minimum atomic E-state index is 0.280. The minimum Gasteiger partial charge on any atom is -0.326 e. The van der Waals surface area contributed by atoms with Gasteiger partial charge in [0.25, 0.3) is 0 Å². The van der Waals surface area contributed by atoms with Crippen molar-refractivity contribution < 1.29 is 0 Å². The van der Waals surface area contributed by atoms with Gasteiger partial charge >= 0.3 is 0 Å². The van der Waals surface area contributed by atoms with Crippen molar-refractivity contribution in [3.8, 4) is 0 Å². The van der Waals surface area contributed by atoms with Crippen LogP contribution in [0.25, 0.3) is 0 Å². The smallest absolute Gasteiger partial charge is 0.0369 e. The van der Waals surface area contributed by atoms with Gasteiger partial charge in [-0.05, 0) is 21.0 Å². The summed E-state index contributed by atoms with van der Waals surface area (Å²) in [6.07, 6.45) is 0. The summed E-state index contributed by atoms with van der Waals surface area (Å²) >= 11 is 0. The molecule has 0 radical (unpaired) electrons. The lowest BCUT2D eigenvalue weighted by atomic mass is 10.1. The van der Waals surface area contributed by atoms with Crippen LogP contribution in [0.1, 0.15) is 6.92 Å². The van der Waals surface area contributed by atoms with Crippen molar-refractivity contribution in [1.29, 1.82) is 0 Å². The number of hydrogen-bond acceptors (Lipinski definition) is 3. The van der Waals surface area contributed by atoms with Crippen LogP contribution in [-0.2, 0) is 0 Å². The Morgan fingerprint density at radius 1 is 1.36 bits per heavy atom. The van der Waals surface area contributed by atoms with Crippen molar-refractivity contribution in [3.63, 3.8) is 0 Å². The maximum atomic E-state index is 5.85. The van der Waals surface area contributed by atoms with E-state index in [9.17, 15) is 0 Å². The molecule has 0 bridgehead atoms. The van der Waals surface area contributed by atoms with Crippen LogP contribution >= 0.6 is 0 Å². The van der Waals surface area contributed by atoms with E-state index in [1.54, 1.807) is 0 Å². The van der Waals surface area contributed by atoms with Crippen LogP contribution in [0.15, 0.2) is 0 Å². The fourth-order valence-corrected chi connectivity index (χ4v) is 1.61. The van der Waals surface area contributed by atoms with E-state index in [0.29, 0.717) is 6.04 Å². The van der Waals surface area contributed by atoms with Crippen LogP contribution < -0.4 is 5.73 Å². The van der Waals surface area contributed by atoms with Crippen molar-refractivity contribution in [3.05, 3.63) is 0 Å². The maximum absolute atomic E-state index is 5.85. The Hall–Kier alpha value is -0.120. The van der Waals surface area contributed by atoms with E-state index >= 15 is 0 Å². The molecule has 3 heteroatoms. The van der Waals surface area contributed by atoms with Gasteiger partial charge in [0.1, 0.15) is 0 Å². The zero-order chi connectivity index (χ0) is 8.43. The highest BCUT2D eigenvalue weighted by atomic mass is 15.3. The van der Waals surface area contributed by atoms with Gasteiger partial charge in [-0.2, -0.15) is 0 Å². The minimum absolute atomic E-state index is 0.280. The Balaban J connectivity index is 2.47. The van der Waals surface area contributed by atoms with Gasteiger partial charge in [-0.1, -0.05) is 0 Å². The van der Waals surface area contributed by atoms with E-state index in [2.05, 4.69) is 30.8 Å². The predicted octanol–water partition coefficient (Wildman–Crippen LogP) is -0.421. The molecule has 0 aromatic heterocycles. The van der Waals surface area contributed by atoms with Crippen molar-refractivity contribution in [2.45, 2.75) is 19.0 Å². The van der Waals surface area contributed by atoms with E-state index in [4.69, 9.17) is 5.73 Å². The van der Waals surface area contributed by atoms with Crippen molar-refractivity contribution in [2.75, 3.05) is 33.7 Å². The Morgan fingerprint density at radius 3 is 2.45 bits per heavy atom. The molecule has 2 atom stereocenters. The van der Waals surface area contributed by atoms with Crippen LogP contribution in [0.4, 0.5) is 0 Å². The third kappa shape index (κ3) is 2.15. The van der Waals surface area contributed by atoms with Crippen molar-refractivity contribution in [2.24, 2.45) is 5.73 Å². The van der Waals surface area contributed by atoms with Gasteiger partial charge in [-0.25, -0.2) is 0 Å². The van der Waals surface area contributed by atoms with E-state index in [1.807, 2.05) is 0 Å². The lowest BCUT2D eigenvalue weighted by molar-refractivity contribution is 0.101. The summed E-state index contributed by atoms with van der Waals surface area (Å²) in [6, 6.07) is 0.816. The second kappa shape index (κ2) is 3.52. The molecule has 1 heterocycles. The summed E-state index contributed by atoms with van der Waals surface area (Å²) < 4.78 is 0. The van der Waals surface area contributed by atoms with E-state index in [0.717, 1.165) is 13.1 Å². The van der Waals surface area contributed by atoms with Gasteiger partial charge in [-0.3, -0.25) is 4.90 Å². The molecule has 0 aliphatic carbocycles. The molecule has 1 aliphatic rings. The number of rotatable bonds is 1. The van der Waals surface area contributed by atoms with E-state index in [-0.39, 0.29) is 6.04 Å². The number of piperazine rings is 1. The Kier molecular flexibility index (Phi) is 2.87. The average molecular weight is 157 g/mol. The van der Waals surface area contributed by atoms with Crippen molar-refractivity contribution in [1.82, 2.24) is 9.80 Å². The molecule has 2 N–H and O–H groups in total. The SMILES string of the molecule is C[C@H](N)C1CN(C)CCN1C. The van der Waals surface area contributed by atoms with E-state index < -0.39 is 0 Å².